The number of halogens is 3. The molecule has 3 rings (SSSR count). The van der Waals surface area contributed by atoms with E-state index in [4.69, 9.17) is 9.26 Å². The van der Waals surface area contributed by atoms with E-state index in [0.29, 0.717) is 35.9 Å². The molecule has 154 valence electrons. The molecule has 1 aromatic heterocycles. The molecule has 0 unspecified atom stereocenters. The average molecular weight is 407 g/mol. The van der Waals surface area contributed by atoms with Crippen molar-refractivity contribution in [2.45, 2.75) is 26.6 Å². The van der Waals surface area contributed by atoms with Gasteiger partial charge in [-0.3, -0.25) is 4.90 Å². The Bertz CT molecular complexity index is 979. The number of rotatable bonds is 8. The molecule has 29 heavy (non-hydrogen) atoms. The summed E-state index contributed by atoms with van der Waals surface area (Å²) in [7, 11) is 3.19. The Kier molecular flexibility index (Phi) is 6.38. The van der Waals surface area contributed by atoms with Crippen molar-refractivity contribution in [1.29, 1.82) is 0 Å². The van der Waals surface area contributed by atoms with Crippen molar-refractivity contribution in [1.82, 2.24) is 15.0 Å². The topological polar surface area (TPSA) is 60.6 Å². The zero-order valence-corrected chi connectivity index (χ0v) is 16.2. The van der Waals surface area contributed by atoms with Crippen LogP contribution in [0.15, 0.2) is 40.9 Å². The Morgan fingerprint density at radius 3 is 2.59 bits per heavy atom. The molecule has 0 atom stereocenters. The van der Waals surface area contributed by atoms with Gasteiger partial charge in [-0.25, -0.2) is 4.39 Å². The molecule has 0 spiro atoms. The highest BCUT2D eigenvalue weighted by atomic mass is 19.3. The average Bonchev–Trinajstić information content (AvgIpc) is 3.12. The number of alkyl halides is 2. The van der Waals surface area contributed by atoms with Crippen LogP contribution < -0.4 is 9.47 Å². The first kappa shape index (κ1) is 20.7. The highest BCUT2D eigenvalue weighted by Crippen LogP contribution is 2.30. The molecule has 1 heterocycles. The highest BCUT2D eigenvalue weighted by Gasteiger charge is 2.15. The van der Waals surface area contributed by atoms with E-state index in [0.717, 1.165) is 5.56 Å². The van der Waals surface area contributed by atoms with Gasteiger partial charge in [-0.15, -0.1) is 0 Å². The van der Waals surface area contributed by atoms with Crippen LogP contribution in [0.2, 0.25) is 0 Å². The monoisotopic (exact) mass is 407 g/mol. The second-order valence-electron chi connectivity index (χ2n) is 6.51. The fourth-order valence-electron chi connectivity index (χ4n) is 2.77. The molecule has 0 aliphatic rings. The molecular formula is C20H20F3N3O3. The number of ether oxygens (including phenoxy) is 2. The molecule has 3 aromatic rings. The van der Waals surface area contributed by atoms with Gasteiger partial charge in [-0.1, -0.05) is 23.4 Å². The maximum atomic E-state index is 13.7. The fraction of sp³-hybridized carbons (Fsp3) is 0.300. The third-order valence-corrected chi connectivity index (χ3v) is 4.20. The van der Waals surface area contributed by atoms with Crippen LogP contribution >= 0.6 is 0 Å². The first-order valence-corrected chi connectivity index (χ1v) is 8.75. The first-order chi connectivity index (χ1) is 13.9. The van der Waals surface area contributed by atoms with Gasteiger partial charge in [0.2, 0.25) is 11.7 Å². The molecule has 0 aliphatic carbocycles. The predicted molar refractivity (Wildman–Crippen MR) is 99.2 cm³/mol. The van der Waals surface area contributed by atoms with E-state index in [-0.39, 0.29) is 17.3 Å². The van der Waals surface area contributed by atoms with E-state index < -0.39 is 6.61 Å². The van der Waals surface area contributed by atoms with E-state index in [1.807, 2.05) is 11.9 Å². The minimum Gasteiger partial charge on any atom is -0.493 e. The summed E-state index contributed by atoms with van der Waals surface area (Å²) < 4.78 is 53.6. The van der Waals surface area contributed by atoms with E-state index in [1.165, 1.54) is 19.2 Å². The third-order valence-electron chi connectivity index (χ3n) is 4.20. The quantitative estimate of drug-likeness (QED) is 0.551. The molecule has 0 aliphatic heterocycles. The van der Waals surface area contributed by atoms with Crippen LogP contribution in [0.5, 0.6) is 11.5 Å². The Morgan fingerprint density at radius 2 is 1.90 bits per heavy atom. The molecular weight excluding hydrogens is 387 g/mol. The van der Waals surface area contributed by atoms with Gasteiger partial charge in [-0.2, -0.15) is 13.8 Å². The van der Waals surface area contributed by atoms with Crippen LogP contribution in [0.4, 0.5) is 13.2 Å². The van der Waals surface area contributed by atoms with Crippen molar-refractivity contribution in [3.8, 4) is 22.9 Å². The van der Waals surface area contributed by atoms with Crippen LogP contribution in [-0.2, 0) is 13.1 Å². The van der Waals surface area contributed by atoms with Gasteiger partial charge in [0.25, 0.3) is 0 Å². The second-order valence-corrected chi connectivity index (χ2v) is 6.51. The summed E-state index contributed by atoms with van der Waals surface area (Å²) in [5.41, 5.74) is 1.80. The lowest BCUT2D eigenvalue weighted by atomic mass is 10.1. The van der Waals surface area contributed by atoms with E-state index in [9.17, 15) is 13.2 Å². The van der Waals surface area contributed by atoms with Crippen molar-refractivity contribution >= 4 is 0 Å². The fourth-order valence-corrected chi connectivity index (χ4v) is 2.77. The summed E-state index contributed by atoms with van der Waals surface area (Å²) in [4.78, 5) is 6.15. The van der Waals surface area contributed by atoms with Crippen LogP contribution in [0.1, 0.15) is 17.0 Å². The normalized spacial score (nSPS) is 11.3. The first-order valence-electron chi connectivity index (χ1n) is 8.75. The molecule has 0 radical (unpaired) electrons. The minimum atomic E-state index is -2.94. The van der Waals surface area contributed by atoms with Crippen molar-refractivity contribution in [2.75, 3.05) is 14.2 Å². The molecule has 0 fully saturated rings. The Labute approximate surface area is 165 Å². The Morgan fingerprint density at radius 1 is 1.10 bits per heavy atom. The molecule has 0 saturated carbocycles. The summed E-state index contributed by atoms with van der Waals surface area (Å²) in [5, 5.41) is 3.89. The summed E-state index contributed by atoms with van der Waals surface area (Å²) >= 11 is 0. The number of hydrogen-bond donors (Lipinski definition) is 0. The lowest BCUT2D eigenvalue weighted by Crippen LogP contribution is -2.17. The smallest absolute Gasteiger partial charge is 0.387 e. The van der Waals surface area contributed by atoms with Crippen molar-refractivity contribution < 1.29 is 27.2 Å². The van der Waals surface area contributed by atoms with Gasteiger partial charge in [0.05, 0.1) is 13.7 Å². The third kappa shape index (κ3) is 5.26. The number of benzene rings is 2. The van der Waals surface area contributed by atoms with Crippen LogP contribution in [0, 0.1) is 12.7 Å². The van der Waals surface area contributed by atoms with Gasteiger partial charge >= 0.3 is 6.61 Å². The molecule has 0 bridgehead atoms. The SMILES string of the molecule is COc1ccc(CN(C)Cc2nc(-c3ccc(C)c(F)c3)no2)cc1OC(F)F. The summed E-state index contributed by atoms with van der Waals surface area (Å²) in [5.74, 6) is 0.496. The number of nitrogens with zero attached hydrogens (tertiary/aromatic N) is 3. The molecule has 0 amide bonds. The maximum Gasteiger partial charge on any atom is 0.387 e. The predicted octanol–water partition coefficient (Wildman–Crippen LogP) is 4.43. The van der Waals surface area contributed by atoms with Crippen molar-refractivity contribution in [3.05, 3.63) is 59.2 Å². The highest BCUT2D eigenvalue weighted by molar-refractivity contribution is 5.54. The van der Waals surface area contributed by atoms with Crippen LogP contribution in [-0.4, -0.2) is 35.8 Å². The standard InChI is InChI=1S/C20H20F3N3O3/c1-12-4-6-14(9-15(12)21)19-24-18(29-25-19)11-26(2)10-13-5-7-16(27-3)17(8-13)28-20(22)23/h4-9,20H,10-11H2,1-3H3. The minimum absolute atomic E-state index is 0.0325. The number of hydrogen-bond acceptors (Lipinski definition) is 6. The maximum absolute atomic E-state index is 13.7. The molecule has 6 nitrogen and oxygen atoms in total. The number of aromatic nitrogens is 2. The zero-order chi connectivity index (χ0) is 21.0. The lowest BCUT2D eigenvalue weighted by molar-refractivity contribution is -0.0512. The van der Waals surface area contributed by atoms with Gasteiger partial charge in [0.15, 0.2) is 11.5 Å². The number of aryl methyl sites for hydroxylation is 1. The summed E-state index contributed by atoms with van der Waals surface area (Å²) in [6, 6.07) is 9.54. The lowest BCUT2D eigenvalue weighted by Gasteiger charge is -2.16. The van der Waals surface area contributed by atoms with E-state index >= 15 is 0 Å². The molecule has 9 heteroatoms. The van der Waals surface area contributed by atoms with Crippen molar-refractivity contribution in [2.24, 2.45) is 0 Å². The molecule has 0 N–H and O–H groups in total. The zero-order valence-electron chi connectivity index (χ0n) is 16.2. The van der Waals surface area contributed by atoms with Crippen LogP contribution in [0.25, 0.3) is 11.4 Å². The van der Waals surface area contributed by atoms with E-state index in [2.05, 4.69) is 14.9 Å². The van der Waals surface area contributed by atoms with E-state index in [1.54, 1.807) is 31.2 Å². The largest absolute Gasteiger partial charge is 0.493 e. The van der Waals surface area contributed by atoms with Gasteiger partial charge in [0.1, 0.15) is 5.82 Å². The van der Waals surface area contributed by atoms with Gasteiger partial charge in [0, 0.05) is 12.1 Å². The van der Waals surface area contributed by atoms with Crippen molar-refractivity contribution in [3.63, 3.8) is 0 Å². The number of methoxy groups -OCH3 is 1. The Balaban J connectivity index is 1.67. The van der Waals surface area contributed by atoms with Gasteiger partial charge < -0.3 is 14.0 Å². The van der Waals surface area contributed by atoms with Crippen LogP contribution in [0.3, 0.4) is 0 Å². The molecule has 2 aromatic carbocycles. The second kappa shape index (κ2) is 8.95. The van der Waals surface area contributed by atoms with Gasteiger partial charge in [-0.05, 0) is 43.3 Å². The summed E-state index contributed by atoms with van der Waals surface area (Å²) in [6.45, 7) is -0.536. The molecule has 0 saturated heterocycles. The summed E-state index contributed by atoms with van der Waals surface area (Å²) in [6.07, 6.45) is 0. The Hall–Kier alpha value is -3.07.